The molecule has 118 valence electrons. The van der Waals surface area contributed by atoms with E-state index in [-0.39, 0.29) is 18.7 Å². The number of aromatic nitrogens is 2. The topological polar surface area (TPSA) is 70.4 Å². The Morgan fingerprint density at radius 1 is 1.45 bits per heavy atom. The monoisotopic (exact) mass is 302 g/mol. The van der Waals surface area contributed by atoms with Gasteiger partial charge in [-0.2, -0.15) is 5.10 Å². The third kappa shape index (κ3) is 3.85. The molecule has 6 heteroatoms. The summed E-state index contributed by atoms with van der Waals surface area (Å²) >= 11 is 0. The Balaban J connectivity index is 2.08. The largest absolute Gasteiger partial charge is 0.395 e. The molecule has 0 fully saturated rings. The molecule has 0 saturated carbocycles. The second-order valence-corrected chi connectivity index (χ2v) is 5.02. The number of carbonyl (C=O) groups excluding carboxylic acids is 1. The molecular formula is C16H22N4O2. The minimum absolute atomic E-state index is 0.0373. The van der Waals surface area contributed by atoms with Crippen molar-refractivity contribution in [3.05, 3.63) is 48.3 Å². The zero-order chi connectivity index (χ0) is 15.9. The maximum Gasteiger partial charge on any atom is 0.317 e. The second-order valence-electron chi connectivity index (χ2n) is 5.02. The van der Waals surface area contributed by atoms with E-state index in [0.717, 1.165) is 11.3 Å². The SMILES string of the molecule is CCN(CCO)C(=O)NC(C)c1cccc(-n2cccn2)c1. The fourth-order valence-electron chi connectivity index (χ4n) is 2.24. The molecule has 1 unspecified atom stereocenters. The van der Waals surface area contributed by atoms with E-state index in [1.165, 1.54) is 0 Å². The molecular weight excluding hydrogens is 280 g/mol. The van der Waals surface area contributed by atoms with Gasteiger partial charge in [0.2, 0.25) is 0 Å². The van der Waals surface area contributed by atoms with Crippen LogP contribution in [0.15, 0.2) is 42.7 Å². The van der Waals surface area contributed by atoms with Crippen molar-refractivity contribution in [3.63, 3.8) is 0 Å². The first-order valence-electron chi connectivity index (χ1n) is 7.42. The Morgan fingerprint density at radius 3 is 2.91 bits per heavy atom. The minimum Gasteiger partial charge on any atom is -0.395 e. The van der Waals surface area contributed by atoms with Crippen LogP contribution < -0.4 is 5.32 Å². The molecule has 0 radical (unpaired) electrons. The summed E-state index contributed by atoms with van der Waals surface area (Å²) < 4.78 is 1.78. The molecule has 0 aliphatic carbocycles. The summed E-state index contributed by atoms with van der Waals surface area (Å²) in [7, 11) is 0. The number of hydrogen-bond donors (Lipinski definition) is 2. The van der Waals surface area contributed by atoms with E-state index in [4.69, 9.17) is 5.11 Å². The predicted molar refractivity (Wildman–Crippen MR) is 84.8 cm³/mol. The lowest BCUT2D eigenvalue weighted by atomic mass is 10.1. The maximum atomic E-state index is 12.1. The van der Waals surface area contributed by atoms with Crippen LogP contribution in [-0.4, -0.2) is 45.5 Å². The van der Waals surface area contributed by atoms with E-state index >= 15 is 0 Å². The normalized spacial score (nSPS) is 12.0. The van der Waals surface area contributed by atoms with Gasteiger partial charge in [0.25, 0.3) is 0 Å². The van der Waals surface area contributed by atoms with Gasteiger partial charge in [-0.05, 0) is 37.6 Å². The number of hydrogen-bond acceptors (Lipinski definition) is 3. The van der Waals surface area contributed by atoms with Gasteiger partial charge in [-0.1, -0.05) is 12.1 Å². The molecule has 6 nitrogen and oxygen atoms in total. The lowest BCUT2D eigenvalue weighted by Gasteiger charge is -2.23. The van der Waals surface area contributed by atoms with E-state index in [1.807, 2.05) is 50.4 Å². The Kier molecular flexibility index (Phi) is 5.55. The fraction of sp³-hybridized carbons (Fsp3) is 0.375. The summed E-state index contributed by atoms with van der Waals surface area (Å²) in [6.07, 6.45) is 3.61. The number of likely N-dealkylation sites (N-methyl/N-ethyl adjacent to an activating group) is 1. The van der Waals surface area contributed by atoms with Crippen LogP contribution in [0.3, 0.4) is 0 Å². The smallest absolute Gasteiger partial charge is 0.317 e. The summed E-state index contributed by atoms with van der Waals surface area (Å²) in [4.78, 5) is 13.7. The van der Waals surface area contributed by atoms with E-state index < -0.39 is 0 Å². The quantitative estimate of drug-likeness (QED) is 0.857. The van der Waals surface area contributed by atoms with Crippen molar-refractivity contribution < 1.29 is 9.90 Å². The molecule has 0 aliphatic heterocycles. The summed E-state index contributed by atoms with van der Waals surface area (Å²) in [5.41, 5.74) is 1.95. The van der Waals surface area contributed by atoms with Gasteiger partial charge in [0.1, 0.15) is 0 Å². The number of amides is 2. The number of urea groups is 1. The number of nitrogens with zero attached hydrogens (tertiary/aromatic N) is 3. The van der Waals surface area contributed by atoms with Crippen molar-refractivity contribution in [2.24, 2.45) is 0 Å². The summed E-state index contributed by atoms with van der Waals surface area (Å²) in [6, 6.07) is 9.45. The molecule has 22 heavy (non-hydrogen) atoms. The van der Waals surface area contributed by atoms with Crippen molar-refractivity contribution >= 4 is 6.03 Å². The molecule has 2 amide bonds. The Bertz CT molecular complexity index is 598. The molecule has 2 rings (SSSR count). The van der Waals surface area contributed by atoms with E-state index in [9.17, 15) is 4.79 Å². The average Bonchev–Trinajstić information content (AvgIpc) is 3.07. The number of nitrogens with one attached hydrogen (secondary N) is 1. The maximum absolute atomic E-state index is 12.1. The van der Waals surface area contributed by atoms with Gasteiger partial charge in [0.05, 0.1) is 18.3 Å². The van der Waals surface area contributed by atoms with Gasteiger partial charge in [-0.25, -0.2) is 9.48 Å². The third-order valence-electron chi connectivity index (χ3n) is 3.52. The number of aliphatic hydroxyl groups is 1. The highest BCUT2D eigenvalue weighted by atomic mass is 16.3. The lowest BCUT2D eigenvalue weighted by Crippen LogP contribution is -2.42. The summed E-state index contributed by atoms with van der Waals surface area (Å²) in [6.45, 7) is 4.68. The van der Waals surface area contributed by atoms with Gasteiger partial charge < -0.3 is 15.3 Å². The van der Waals surface area contributed by atoms with Crippen LogP contribution in [0.4, 0.5) is 4.79 Å². The van der Waals surface area contributed by atoms with Crippen LogP contribution in [0.1, 0.15) is 25.5 Å². The summed E-state index contributed by atoms with van der Waals surface area (Å²) in [5, 5.41) is 16.1. The van der Waals surface area contributed by atoms with Gasteiger partial charge in [0, 0.05) is 25.5 Å². The number of aliphatic hydroxyl groups excluding tert-OH is 1. The molecule has 0 saturated heterocycles. The lowest BCUT2D eigenvalue weighted by molar-refractivity contribution is 0.178. The Hall–Kier alpha value is -2.34. The molecule has 0 aliphatic rings. The molecule has 1 heterocycles. The Labute approximate surface area is 130 Å². The molecule has 1 aromatic carbocycles. The molecule has 1 atom stereocenters. The Morgan fingerprint density at radius 2 is 2.27 bits per heavy atom. The van der Waals surface area contributed by atoms with Gasteiger partial charge in [0.15, 0.2) is 0 Å². The van der Waals surface area contributed by atoms with Crippen molar-refractivity contribution in [2.75, 3.05) is 19.7 Å². The first-order chi connectivity index (χ1) is 10.7. The van der Waals surface area contributed by atoms with E-state index in [1.54, 1.807) is 15.8 Å². The van der Waals surface area contributed by atoms with Crippen molar-refractivity contribution in [2.45, 2.75) is 19.9 Å². The number of benzene rings is 1. The zero-order valence-corrected chi connectivity index (χ0v) is 12.9. The van der Waals surface area contributed by atoms with Crippen LogP contribution >= 0.6 is 0 Å². The van der Waals surface area contributed by atoms with Gasteiger partial charge >= 0.3 is 6.03 Å². The van der Waals surface area contributed by atoms with Crippen LogP contribution in [-0.2, 0) is 0 Å². The van der Waals surface area contributed by atoms with Gasteiger partial charge in [-0.3, -0.25) is 0 Å². The van der Waals surface area contributed by atoms with Crippen LogP contribution in [0.5, 0.6) is 0 Å². The van der Waals surface area contributed by atoms with Crippen molar-refractivity contribution in [1.29, 1.82) is 0 Å². The van der Waals surface area contributed by atoms with E-state index in [2.05, 4.69) is 10.4 Å². The third-order valence-corrected chi connectivity index (χ3v) is 3.52. The molecule has 2 N–H and O–H groups in total. The zero-order valence-electron chi connectivity index (χ0n) is 12.9. The molecule has 1 aromatic heterocycles. The first kappa shape index (κ1) is 16.0. The average molecular weight is 302 g/mol. The van der Waals surface area contributed by atoms with Crippen LogP contribution in [0.2, 0.25) is 0 Å². The summed E-state index contributed by atoms with van der Waals surface area (Å²) in [5.74, 6) is 0. The highest BCUT2D eigenvalue weighted by molar-refractivity contribution is 5.74. The number of rotatable bonds is 6. The first-order valence-corrected chi connectivity index (χ1v) is 7.42. The highest BCUT2D eigenvalue weighted by Gasteiger charge is 2.15. The fourth-order valence-corrected chi connectivity index (χ4v) is 2.24. The van der Waals surface area contributed by atoms with Crippen LogP contribution in [0, 0.1) is 0 Å². The van der Waals surface area contributed by atoms with Gasteiger partial charge in [-0.15, -0.1) is 0 Å². The van der Waals surface area contributed by atoms with Crippen LogP contribution in [0.25, 0.3) is 5.69 Å². The molecule has 2 aromatic rings. The minimum atomic E-state index is -0.173. The molecule has 0 bridgehead atoms. The highest BCUT2D eigenvalue weighted by Crippen LogP contribution is 2.16. The van der Waals surface area contributed by atoms with Crippen molar-refractivity contribution in [1.82, 2.24) is 20.0 Å². The second kappa shape index (κ2) is 7.61. The molecule has 0 spiro atoms. The predicted octanol–water partition coefficient (Wildman–Crippen LogP) is 1.96. The standard InChI is InChI=1S/C16H22N4O2/c1-3-19(10-11-21)16(22)18-13(2)14-6-4-7-15(12-14)20-9-5-8-17-20/h4-9,12-13,21H,3,10-11H2,1-2H3,(H,18,22). The number of carbonyl (C=O) groups is 1. The van der Waals surface area contributed by atoms with Crippen molar-refractivity contribution in [3.8, 4) is 5.69 Å². The van der Waals surface area contributed by atoms with E-state index in [0.29, 0.717) is 13.1 Å².